The van der Waals surface area contributed by atoms with Gasteiger partial charge >= 0.3 is 0 Å². The Labute approximate surface area is 249 Å². The molecule has 6 rings (SSSR count). The number of aliphatic hydroxyl groups is 1. The van der Waals surface area contributed by atoms with E-state index in [0.717, 1.165) is 42.9 Å². The Kier molecular flexibility index (Phi) is 6.99. The van der Waals surface area contributed by atoms with Crippen molar-refractivity contribution in [2.75, 3.05) is 24.6 Å². The summed E-state index contributed by atoms with van der Waals surface area (Å²) in [6.07, 6.45) is 8.22. The van der Waals surface area contributed by atoms with Crippen molar-refractivity contribution in [3.8, 4) is 29.0 Å². The van der Waals surface area contributed by atoms with Gasteiger partial charge in [-0.05, 0) is 75.8 Å². The largest absolute Gasteiger partial charge is 0.489 e. The van der Waals surface area contributed by atoms with Crippen LogP contribution in [0.5, 0.6) is 5.75 Å². The Morgan fingerprint density at radius 1 is 1.14 bits per heavy atom. The number of nitriles is 2. The van der Waals surface area contributed by atoms with Crippen LogP contribution in [0, 0.1) is 34.5 Å². The highest BCUT2D eigenvalue weighted by Crippen LogP contribution is 2.45. The molecule has 3 atom stereocenters. The number of nitrogens with zero attached hydrogens (tertiary/aromatic N) is 7. The molecule has 4 aromatic heterocycles. The van der Waals surface area contributed by atoms with Gasteiger partial charge in [0, 0.05) is 42.1 Å². The van der Waals surface area contributed by atoms with E-state index in [9.17, 15) is 20.4 Å². The van der Waals surface area contributed by atoms with Crippen molar-refractivity contribution in [3.63, 3.8) is 0 Å². The van der Waals surface area contributed by atoms with E-state index in [4.69, 9.17) is 9.72 Å². The number of nitrogens with one attached hydrogen (secondary N) is 1. The van der Waals surface area contributed by atoms with Crippen LogP contribution >= 0.6 is 0 Å². The SMILES string of the molecule is CC(C)(O)COc1cc(-c2ccc(N3C[C@@H]4CC(C)(NC(=O)c5ncccc5C#N)C[C@@H]4C3)nc2)c2c(C#N)cnn2c1. The van der Waals surface area contributed by atoms with Crippen molar-refractivity contribution in [2.45, 2.75) is 44.8 Å². The molecule has 1 saturated heterocycles. The average Bonchev–Trinajstić information content (AvgIpc) is 3.66. The second-order valence-electron chi connectivity index (χ2n) is 12.4. The van der Waals surface area contributed by atoms with Gasteiger partial charge in [0.1, 0.15) is 36.0 Å². The first kappa shape index (κ1) is 28.1. The first-order valence-corrected chi connectivity index (χ1v) is 14.2. The van der Waals surface area contributed by atoms with Crippen molar-refractivity contribution in [2.24, 2.45) is 11.8 Å². The maximum Gasteiger partial charge on any atom is 0.271 e. The fourth-order valence-electron chi connectivity index (χ4n) is 6.41. The maximum absolute atomic E-state index is 13.0. The molecule has 11 heteroatoms. The van der Waals surface area contributed by atoms with Crippen LogP contribution in [0.15, 0.2) is 55.1 Å². The minimum Gasteiger partial charge on any atom is -0.489 e. The van der Waals surface area contributed by atoms with Crippen LogP contribution in [0.3, 0.4) is 0 Å². The van der Waals surface area contributed by atoms with Crippen molar-refractivity contribution in [3.05, 3.63) is 71.9 Å². The normalized spacial score (nSPS) is 21.3. The lowest BCUT2D eigenvalue weighted by Crippen LogP contribution is -2.45. The molecule has 0 spiro atoms. The van der Waals surface area contributed by atoms with E-state index in [1.165, 1.54) is 12.4 Å². The van der Waals surface area contributed by atoms with Crippen LogP contribution in [0.25, 0.3) is 16.6 Å². The Balaban J connectivity index is 1.17. The quantitative estimate of drug-likeness (QED) is 0.335. The molecule has 0 bridgehead atoms. The molecule has 0 aromatic carbocycles. The smallest absolute Gasteiger partial charge is 0.271 e. The van der Waals surface area contributed by atoms with Crippen molar-refractivity contribution in [1.29, 1.82) is 10.5 Å². The highest BCUT2D eigenvalue weighted by atomic mass is 16.5. The van der Waals surface area contributed by atoms with E-state index >= 15 is 0 Å². The second kappa shape index (κ2) is 10.7. The Morgan fingerprint density at radius 2 is 1.88 bits per heavy atom. The molecule has 1 aliphatic heterocycles. The van der Waals surface area contributed by atoms with Crippen molar-refractivity contribution in [1.82, 2.24) is 24.9 Å². The van der Waals surface area contributed by atoms with Gasteiger partial charge in [0.05, 0.1) is 34.6 Å². The van der Waals surface area contributed by atoms with Crippen LogP contribution in [0.4, 0.5) is 5.82 Å². The summed E-state index contributed by atoms with van der Waals surface area (Å²) in [7, 11) is 0. The molecular formula is C32H32N8O3. The second-order valence-corrected chi connectivity index (χ2v) is 12.4. The van der Waals surface area contributed by atoms with Gasteiger partial charge in [-0.25, -0.2) is 14.5 Å². The van der Waals surface area contributed by atoms with E-state index in [-0.39, 0.29) is 29.3 Å². The number of anilines is 1. The number of fused-ring (bicyclic) bond motifs is 2. The van der Waals surface area contributed by atoms with Gasteiger partial charge in [-0.3, -0.25) is 4.79 Å². The summed E-state index contributed by atoms with van der Waals surface area (Å²) in [5.41, 5.74) is 1.76. The first-order chi connectivity index (χ1) is 20.6. The van der Waals surface area contributed by atoms with Gasteiger partial charge < -0.3 is 20.1 Å². The predicted octanol–water partition coefficient (Wildman–Crippen LogP) is 3.72. The van der Waals surface area contributed by atoms with E-state index < -0.39 is 5.60 Å². The molecule has 1 aliphatic carbocycles. The fourth-order valence-corrected chi connectivity index (χ4v) is 6.41. The van der Waals surface area contributed by atoms with Gasteiger partial charge in [-0.1, -0.05) is 0 Å². The number of hydrogen-bond donors (Lipinski definition) is 2. The molecule has 2 aliphatic rings. The lowest BCUT2D eigenvalue weighted by molar-refractivity contribution is 0.0283. The maximum atomic E-state index is 13.0. The minimum absolute atomic E-state index is 0.103. The van der Waals surface area contributed by atoms with Crippen LogP contribution in [0.2, 0.25) is 0 Å². The van der Waals surface area contributed by atoms with Gasteiger partial charge in [0.2, 0.25) is 0 Å². The van der Waals surface area contributed by atoms with Gasteiger partial charge in [-0.15, -0.1) is 0 Å². The van der Waals surface area contributed by atoms with Gasteiger partial charge in [0.25, 0.3) is 5.91 Å². The molecule has 11 nitrogen and oxygen atoms in total. The molecule has 43 heavy (non-hydrogen) atoms. The Hall–Kier alpha value is -5.00. The summed E-state index contributed by atoms with van der Waals surface area (Å²) in [6.45, 7) is 7.19. The van der Waals surface area contributed by atoms with E-state index in [2.05, 4.69) is 33.3 Å². The zero-order valence-electron chi connectivity index (χ0n) is 24.3. The molecule has 5 heterocycles. The molecule has 2 N–H and O–H groups in total. The zero-order chi connectivity index (χ0) is 30.4. The van der Waals surface area contributed by atoms with Gasteiger partial charge in [0.15, 0.2) is 0 Å². The highest BCUT2D eigenvalue weighted by Gasteiger charge is 2.48. The Morgan fingerprint density at radius 3 is 2.53 bits per heavy atom. The number of ether oxygens (including phenoxy) is 1. The summed E-state index contributed by atoms with van der Waals surface area (Å²) in [5, 5.41) is 36.6. The average molecular weight is 577 g/mol. The topological polar surface area (TPSA) is 152 Å². The standard InChI is InChI=1S/C32H32N8O3/c1-31(2,42)19-43-25-9-26(29-24(13-34)15-37-40(29)18-25)21-6-7-27(36-14-21)39-16-22-10-32(3,11-23(22)17-39)38-30(41)28-20(12-33)5-4-8-35-28/h4-9,14-15,18,22-23,42H,10-11,16-17,19H2,1-3H3,(H,38,41)/t22-,23+,32?. The summed E-state index contributed by atoms with van der Waals surface area (Å²) >= 11 is 0. The highest BCUT2D eigenvalue weighted by molar-refractivity contribution is 5.95. The third-order valence-corrected chi connectivity index (χ3v) is 8.24. The van der Waals surface area contributed by atoms with E-state index in [1.54, 1.807) is 42.9 Å². The van der Waals surface area contributed by atoms with E-state index in [0.29, 0.717) is 28.7 Å². The lowest BCUT2D eigenvalue weighted by atomic mass is 9.97. The Bertz CT molecular complexity index is 1760. The number of carbonyl (C=O) groups is 1. The summed E-state index contributed by atoms with van der Waals surface area (Å²) in [5.74, 6) is 1.89. The summed E-state index contributed by atoms with van der Waals surface area (Å²) in [6, 6.07) is 13.3. The predicted molar refractivity (Wildman–Crippen MR) is 158 cm³/mol. The fraction of sp³-hybridized carbons (Fsp3) is 0.375. The summed E-state index contributed by atoms with van der Waals surface area (Å²) < 4.78 is 7.46. The molecule has 1 amide bonds. The minimum atomic E-state index is -1.00. The number of amides is 1. The zero-order valence-corrected chi connectivity index (χ0v) is 24.3. The number of aromatic nitrogens is 4. The summed E-state index contributed by atoms with van der Waals surface area (Å²) in [4.78, 5) is 24.2. The van der Waals surface area contributed by atoms with Crippen LogP contribution in [-0.4, -0.2) is 61.4 Å². The third kappa shape index (κ3) is 5.60. The number of hydrogen-bond acceptors (Lipinski definition) is 9. The monoisotopic (exact) mass is 576 g/mol. The molecule has 0 radical (unpaired) electrons. The molecule has 218 valence electrons. The molecule has 1 unspecified atom stereocenters. The number of pyridine rings is 3. The molecule has 2 fully saturated rings. The molecule has 4 aromatic rings. The van der Waals surface area contributed by atoms with Crippen LogP contribution < -0.4 is 15.0 Å². The molecule has 1 saturated carbocycles. The number of rotatable bonds is 7. The molecular weight excluding hydrogens is 544 g/mol. The van der Waals surface area contributed by atoms with E-state index in [1.807, 2.05) is 24.3 Å². The van der Waals surface area contributed by atoms with Crippen molar-refractivity contribution < 1.29 is 14.6 Å². The lowest BCUT2D eigenvalue weighted by Gasteiger charge is -2.28. The van der Waals surface area contributed by atoms with Crippen LogP contribution in [0.1, 0.15) is 55.2 Å². The first-order valence-electron chi connectivity index (χ1n) is 14.2. The van der Waals surface area contributed by atoms with Crippen LogP contribution in [-0.2, 0) is 0 Å². The number of carbonyl (C=O) groups excluding carboxylic acids is 1. The van der Waals surface area contributed by atoms with Crippen molar-refractivity contribution >= 4 is 17.2 Å². The third-order valence-electron chi connectivity index (χ3n) is 8.24. The van der Waals surface area contributed by atoms with Gasteiger partial charge in [-0.2, -0.15) is 15.6 Å².